The SMILES string of the molecule is O=S(=O)(c1ccccc1N1CCO[C@H](c2ccccc2Br)C1)C(F)(F)F. The number of anilines is 1. The molecule has 0 aliphatic carbocycles. The van der Waals surface area contributed by atoms with Crippen molar-refractivity contribution >= 4 is 31.5 Å². The Morgan fingerprint density at radius 2 is 1.73 bits per heavy atom. The van der Waals surface area contributed by atoms with Gasteiger partial charge in [0.15, 0.2) is 0 Å². The van der Waals surface area contributed by atoms with E-state index in [2.05, 4.69) is 15.9 Å². The van der Waals surface area contributed by atoms with Gasteiger partial charge in [0.1, 0.15) is 6.10 Å². The van der Waals surface area contributed by atoms with Crippen LogP contribution in [-0.4, -0.2) is 33.6 Å². The molecule has 0 aromatic heterocycles. The van der Waals surface area contributed by atoms with E-state index in [4.69, 9.17) is 4.74 Å². The Labute approximate surface area is 157 Å². The van der Waals surface area contributed by atoms with Crippen LogP contribution in [0.15, 0.2) is 57.9 Å². The fourth-order valence-electron chi connectivity index (χ4n) is 2.86. The van der Waals surface area contributed by atoms with E-state index in [1.54, 1.807) is 4.90 Å². The molecule has 3 rings (SSSR count). The number of hydrogen-bond donors (Lipinski definition) is 0. The molecule has 140 valence electrons. The van der Waals surface area contributed by atoms with Crippen LogP contribution in [0.25, 0.3) is 0 Å². The molecule has 1 aliphatic rings. The number of halogens is 4. The second-order valence-corrected chi connectivity index (χ2v) is 8.51. The lowest BCUT2D eigenvalue weighted by Crippen LogP contribution is -2.39. The van der Waals surface area contributed by atoms with Crippen LogP contribution < -0.4 is 4.90 Å². The number of nitrogens with zero attached hydrogens (tertiary/aromatic N) is 1. The van der Waals surface area contributed by atoms with Gasteiger partial charge in [0.25, 0.3) is 9.84 Å². The molecule has 1 aliphatic heterocycles. The number of alkyl halides is 3. The summed E-state index contributed by atoms with van der Waals surface area (Å²) in [6.45, 7) is 0.810. The summed E-state index contributed by atoms with van der Waals surface area (Å²) < 4.78 is 69.5. The summed E-state index contributed by atoms with van der Waals surface area (Å²) in [6.07, 6.45) is -0.388. The molecular formula is C17H15BrF3NO3S. The van der Waals surface area contributed by atoms with Crippen LogP contribution in [0, 0.1) is 0 Å². The van der Waals surface area contributed by atoms with Crippen LogP contribution >= 0.6 is 15.9 Å². The summed E-state index contributed by atoms with van der Waals surface area (Å²) in [5.41, 5.74) is -4.46. The van der Waals surface area contributed by atoms with Gasteiger partial charge in [-0.3, -0.25) is 0 Å². The monoisotopic (exact) mass is 449 g/mol. The quantitative estimate of drug-likeness (QED) is 0.699. The molecule has 4 nitrogen and oxygen atoms in total. The minimum absolute atomic E-state index is 0.0326. The number of rotatable bonds is 3. The molecule has 0 amide bonds. The minimum Gasteiger partial charge on any atom is -0.370 e. The molecule has 0 bridgehead atoms. The van der Waals surface area contributed by atoms with Crippen molar-refractivity contribution in [2.75, 3.05) is 24.6 Å². The number of morpholine rings is 1. The first-order valence-electron chi connectivity index (χ1n) is 7.73. The number of para-hydroxylation sites is 1. The average Bonchev–Trinajstić information content (AvgIpc) is 2.61. The Hall–Kier alpha value is -1.58. The molecule has 26 heavy (non-hydrogen) atoms. The summed E-state index contributed by atoms with van der Waals surface area (Å²) in [5, 5.41) is 0. The van der Waals surface area contributed by atoms with E-state index in [0.717, 1.165) is 16.1 Å². The van der Waals surface area contributed by atoms with Crippen molar-refractivity contribution in [1.29, 1.82) is 0 Å². The number of sulfone groups is 1. The Balaban J connectivity index is 1.97. The van der Waals surface area contributed by atoms with Crippen molar-refractivity contribution in [3.05, 3.63) is 58.6 Å². The Kier molecular flexibility index (Phi) is 5.32. The molecule has 0 N–H and O–H groups in total. The van der Waals surface area contributed by atoms with Gasteiger partial charge >= 0.3 is 5.51 Å². The third-order valence-corrected chi connectivity index (χ3v) is 6.37. The lowest BCUT2D eigenvalue weighted by atomic mass is 10.1. The molecular weight excluding hydrogens is 435 g/mol. The van der Waals surface area contributed by atoms with Gasteiger partial charge in [-0.25, -0.2) is 8.42 Å². The van der Waals surface area contributed by atoms with E-state index >= 15 is 0 Å². The molecule has 9 heteroatoms. The van der Waals surface area contributed by atoms with Crippen molar-refractivity contribution in [1.82, 2.24) is 0 Å². The molecule has 1 atom stereocenters. The molecule has 0 spiro atoms. The zero-order valence-electron chi connectivity index (χ0n) is 13.4. The molecule has 2 aromatic rings. The molecule has 1 fully saturated rings. The van der Waals surface area contributed by atoms with Crippen LogP contribution in [-0.2, 0) is 14.6 Å². The number of hydrogen-bond acceptors (Lipinski definition) is 4. The van der Waals surface area contributed by atoms with Gasteiger partial charge in [-0.15, -0.1) is 0 Å². The standard InChI is InChI=1S/C17H15BrF3NO3S/c18-13-6-2-1-5-12(13)15-11-22(9-10-25-15)14-7-3-4-8-16(14)26(23,24)17(19,20)21/h1-8,15H,9-11H2/t15-/m0/s1. The largest absolute Gasteiger partial charge is 0.501 e. The van der Waals surface area contributed by atoms with Crippen molar-refractivity contribution in [2.24, 2.45) is 0 Å². The summed E-state index contributed by atoms with van der Waals surface area (Å²) in [4.78, 5) is 0.881. The van der Waals surface area contributed by atoms with Crippen molar-refractivity contribution in [3.63, 3.8) is 0 Å². The third kappa shape index (κ3) is 3.60. The first kappa shape index (κ1) is 19.2. The number of ether oxygens (including phenoxy) is 1. The molecule has 0 radical (unpaired) electrons. The van der Waals surface area contributed by atoms with Gasteiger partial charge in [0, 0.05) is 17.6 Å². The van der Waals surface area contributed by atoms with E-state index in [-0.39, 0.29) is 24.9 Å². The van der Waals surface area contributed by atoms with Crippen molar-refractivity contribution in [2.45, 2.75) is 16.5 Å². The summed E-state index contributed by atoms with van der Waals surface area (Å²) >= 11 is 3.44. The van der Waals surface area contributed by atoms with E-state index in [9.17, 15) is 21.6 Å². The van der Waals surface area contributed by atoms with Crippen LogP contribution in [0.1, 0.15) is 11.7 Å². The molecule has 2 aromatic carbocycles. The predicted molar refractivity (Wildman–Crippen MR) is 94.7 cm³/mol. The van der Waals surface area contributed by atoms with E-state index in [0.29, 0.717) is 6.54 Å². The molecule has 1 heterocycles. The second kappa shape index (κ2) is 7.21. The zero-order valence-corrected chi connectivity index (χ0v) is 15.8. The zero-order chi connectivity index (χ0) is 18.9. The van der Waals surface area contributed by atoms with E-state index in [1.165, 1.54) is 18.2 Å². The van der Waals surface area contributed by atoms with Crippen molar-refractivity contribution < 1.29 is 26.3 Å². The highest BCUT2D eigenvalue weighted by atomic mass is 79.9. The summed E-state index contributed by atoms with van der Waals surface area (Å²) in [5.74, 6) is 0. The highest BCUT2D eigenvalue weighted by Gasteiger charge is 2.48. The van der Waals surface area contributed by atoms with Crippen LogP contribution in [0.4, 0.5) is 18.9 Å². The van der Waals surface area contributed by atoms with Crippen LogP contribution in [0.2, 0.25) is 0 Å². The first-order chi connectivity index (χ1) is 12.2. The Bertz CT molecular complexity index is 902. The van der Waals surface area contributed by atoms with Gasteiger partial charge < -0.3 is 9.64 Å². The maximum Gasteiger partial charge on any atom is 0.501 e. The van der Waals surface area contributed by atoms with Crippen molar-refractivity contribution in [3.8, 4) is 0 Å². The van der Waals surface area contributed by atoms with E-state index < -0.39 is 20.2 Å². The van der Waals surface area contributed by atoms with Gasteiger partial charge in [0.05, 0.1) is 17.2 Å². The Morgan fingerprint density at radius 1 is 1.08 bits per heavy atom. The fraction of sp³-hybridized carbons (Fsp3) is 0.294. The second-order valence-electron chi connectivity index (χ2n) is 5.74. The summed E-state index contributed by atoms with van der Waals surface area (Å²) in [6, 6.07) is 12.6. The van der Waals surface area contributed by atoms with Gasteiger partial charge in [-0.1, -0.05) is 46.3 Å². The van der Waals surface area contributed by atoms with Gasteiger partial charge in [0.2, 0.25) is 0 Å². The number of benzene rings is 2. The fourth-order valence-corrected chi connectivity index (χ4v) is 4.38. The summed E-state index contributed by atoms with van der Waals surface area (Å²) in [7, 11) is -5.44. The maximum atomic E-state index is 13.0. The van der Waals surface area contributed by atoms with E-state index in [1.807, 2.05) is 24.3 Å². The van der Waals surface area contributed by atoms with Gasteiger partial charge in [-0.2, -0.15) is 13.2 Å². The predicted octanol–water partition coefficient (Wildman–Crippen LogP) is 4.32. The highest BCUT2D eigenvalue weighted by molar-refractivity contribution is 9.10. The smallest absolute Gasteiger partial charge is 0.370 e. The lowest BCUT2D eigenvalue weighted by Gasteiger charge is -2.36. The third-order valence-electron chi connectivity index (χ3n) is 4.12. The van der Waals surface area contributed by atoms with Gasteiger partial charge in [-0.05, 0) is 23.8 Å². The molecule has 0 saturated carbocycles. The highest BCUT2D eigenvalue weighted by Crippen LogP contribution is 2.38. The minimum atomic E-state index is -5.44. The lowest BCUT2D eigenvalue weighted by molar-refractivity contribution is -0.0435. The normalized spacial score (nSPS) is 18.8. The Morgan fingerprint density at radius 3 is 2.42 bits per heavy atom. The van der Waals surface area contributed by atoms with Crippen LogP contribution in [0.3, 0.4) is 0 Å². The molecule has 1 saturated heterocycles. The maximum absolute atomic E-state index is 13.0. The molecule has 0 unspecified atom stereocenters. The average molecular weight is 450 g/mol. The van der Waals surface area contributed by atoms with Crippen LogP contribution in [0.5, 0.6) is 0 Å². The topological polar surface area (TPSA) is 46.6 Å². The first-order valence-corrected chi connectivity index (χ1v) is 10.0.